The van der Waals surface area contributed by atoms with Crippen LogP contribution in [0.15, 0.2) is 16.9 Å². The van der Waals surface area contributed by atoms with Crippen LogP contribution in [0.1, 0.15) is 31.4 Å². The molecule has 2 aliphatic rings. The molecule has 0 unspecified atom stereocenters. The number of piperazine rings is 1. The van der Waals surface area contributed by atoms with Crippen LogP contribution < -0.4 is 5.73 Å². The second kappa shape index (κ2) is 6.58. The van der Waals surface area contributed by atoms with Crippen molar-refractivity contribution in [3.63, 3.8) is 0 Å². The van der Waals surface area contributed by atoms with Gasteiger partial charge in [0, 0.05) is 51.3 Å². The Hall–Kier alpha value is -1.40. The zero-order valence-corrected chi connectivity index (χ0v) is 12.4. The summed E-state index contributed by atoms with van der Waals surface area (Å²) in [6, 6.07) is 2.11. The summed E-state index contributed by atoms with van der Waals surface area (Å²) in [4.78, 5) is 16.6. The van der Waals surface area contributed by atoms with Gasteiger partial charge in [-0.25, -0.2) is 0 Å². The highest BCUT2D eigenvalue weighted by Gasteiger charge is 2.29. The van der Waals surface area contributed by atoms with Gasteiger partial charge in [0.25, 0.3) is 0 Å². The van der Waals surface area contributed by atoms with Crippen LogP contribution in [0.4, 0.5) is 0 Å². The molecule has 0 radical (unpaired) electrons. The third-order valence-corrected chi connectivity index (χ3v) is 4.76. The number of hydrogen-bond donors (Lipinski definition) is 1. The molecule has 21 heavy (non-hydrogen) atoms. The zero-order chi connectivity index (χ0) is 14.7. The summed E-state index contributed by atoms with van der Waals surface area (Å²) in [5.41, 5.74) is 7.01. The number of hydrogen-bond acceptors (Lipinski definition) is 5. The van der Waals surface area contributed by atoms with Crippen molar-refractivity contribution in [1.82, 2.24) is 15.0 Å². The second-order valence-corrected chi connectivity index (χ2v) is 6.21. The standard InChI is InChI=1S/C15H24N4O2/c16-14-3-1-2-12(14)10-15(20)19-7-5-18(6-8-19)11-13-4-9-21-17-13/h4,9,12,14H,1-3,5-8,10-11,16H2/t12-,14+/m0/s1. The molecule has 1 saturated heterocycles. The zero-order valence-electron chi connectivity index (χ0n) is 12.4. The van der Waals surface area contributed by atoms with E-state index in [0.717, 1.165) is 51.3 Å². The highest BCUT2D eigenvalue weighted by molar-refractivity contribution is 5.76. The van der Waals surface area contributed by atoms with Gasteiger partial charge in [0.15, 0.2) is 0 Å². The molecule has 2 heterocycles. The molecule has 2 N–H and O–H groups in total. The van der Waals surface area contributed by atoms with Gasteiger partial charge in [0.1, 0.15) is 6.26 Å². The van der Waals surface area contributed by atoms with Crippen molar-refractivity contribution in [2.75, 3.05) is 26.2 Å². The maximum atomic E-state index is 12.3. The summed E-state index contributed by atoms with van der Waals surface area (Å²) in [6.45, 7) is 4.20. The average molecular weight is 292 g/mol. The summed E-state index contributed by atoms with van der Waals surface area (Å²) in [7, 11) is 0. The smallest absolute Gasteiger partial charge is 0.222 e. The fourth-order valence-corrected chi connectivity index (χ4v) is 3.38. The molecule has 1 aromatic heterocycles. The monoisotopic (exact) mass is 292 g/mol. The Balaban J connectivity index is 1.43. The van der Waals surface area contributed by atoms with Gasteiger partial charge < -0.3 is 15.2 Å². The Morgan fingerprint density at radius 1 is 1.33 bits per heavy atom. The summed E-state index contributed by atoms with van der Waals surface area (Å²) < 4.78 is 4.85. The molecule has 2 atom stereocenters. The number of nitrogens with two attached hydrogens (primary N) is 1. The largest absolute Gasteiger partial charge is 0.364 e. The summed E-state index contributed by atoms with van der Waals surface area (Å²) >= 11 is 0. The van der Waals surface area contributed by atoms with E-state index in [0.29, 0.717) is 12.3 Å². The summed E-state index contributed by atoms with van der Waals surface area (Å²) in [6.07, 6.45) is 5.58. The third-order valence-electron chi connectivity index (χ3n) is 4.76. The molecule has 2 fully saturated rings. The third kappa shape index (κ3) is 3.63. The molecule has 3 rings (SSSR count). The highest BCUT2D eigenvalue weighted by atomic mass is 16.5. The molecule has 6 nitrogen and oxygen atoms in total. The predicted molar refractivity (Wildman–Crippen MR) is 78.3 cm³/mol. The lowest BCUT2D eigenvalue weighted by Gasteiger charge is -2.35. The Kier molecular flexibility index (Phi) is 4.55. The lowest BCUT2D eigenvalue weighted by molar-refractivity contribution is -0.134. The normalized spacial score (nSPS) is 27.2. The van der Waals surface area contributed by atoms with E-state index in [1.165, 1.54) is 6.42 Å². The van der Waals surface area contributed by atoms with Crippen molar-refractivity contribution < 1.29 is 9.32 Å². The fourth-order valence-electron chi connectivity index (χ4n) is 3.38. The van der Waals surface area contributed by atoms with Crippen LogP contribution in [0.2, 0.25) is 0 Å². The van der Waals surface area contributed by atoms with Gasteiger partial charge in [-0.2, -0.15) is 0 Å². The van der Waals surface area contributed by atoms with Crippen LogP contribution in [0, 0.1) is 5.92 Å². The van der Waals surface area contributed by atoms with E-state index >= 15 is 0 Å². The first kappa shape index (κ1) is 14.5. The van der Waals surface area contributed by atoms with Crippen molar-refractivity contribution in [1.29, 1.82) is 0 Å². The first-order chi connectivity index (χ1) is 10.2. The molecule has 6 heteroatoms. The second-order valence-electron chi connectivity index (χ2n) is 6.21. The van der Waals surface area contributed by atoms with Crippen molar-refractivity contribution in [3.05, 3.63) is 18.0 Å². The Bertz CT molecular complexity index is 454. The molecule has 1 amide bonds. The van der Waals surface area contributed by atoms with Gasteiger partial charge in [-0.05, 0) is 18.8 Å². The van der Waals surface area contributed by atoms with E-state index in [2.05, 4.69) is 10.1 Å². The van der Waals surface area contributed by atoms with Crippen molar-refractivity contribution >= 4 is 5.91 Å². The molecule has 0 bridgehead atoms. The predicted octanol–water partition coefficient (Wildman–Crippen LogP) is 0.836. The number of aromatic nitrogens is 1. The van der Waals surface area contributed by atoms with Crippen LogP contribution >= 0.6 is 0 Å². The maximum Gasteiger partial charge on any atom is 0.222 e. The molecular formula is C15H24N4O2. The fraction of sp³-hybridized carbons (Fsp3) is 0.733. The molecular weight excluding hydrogens is 268 g/mol. The minimum Gasteiger partial charge on any atom is -0.364 e. The highest BCUT2D eigenvalue weighted by Crippen LogP contribution is 2.27. The average Bonchev–Trinajstić information content (AvgIpc) is 3.12. The Labute approximate surface area is 125 Å². The first-order valence-electron chi connectivity index (χ1n) is 7.87. The Morgan fingerprint density at radius 2 is 2.14 bits per heavy atom. The minimum atomic E-state index is 0.224. The molecule has 1 aromatic rings. The molecule has 116 valence electrons. The van der Waals surface area contributed by atoms with Crippen LogP contribution in [0.3, 0.4) is 0 Å². The van der Waals surface area contributed by atoms with Gasteiger partial charge in [0.05, 0.1) is 5.69 Å². The first-order valence-corrected chi connectivity index (χ1v) is 7.87. The molecule has 1 saturated carbocycles. The number of carbonyl (C=O) groups is 1. The van der Waals surface area contributed by atoms with E-state index in [1.807, 2.05) is 11.0 Å². The lowest BCUT2D eigenvalue weighted by atomic mass is 9.99. The van der Waals surface area contributed by atoms with E-state index in [9.17, 15) is 4.79 Å². The van der Waals surface area contributed by atoms with Crippen LogP contribution in [-0.2, 0) is 11.3 Å². The quantitative estimate of drug-likeness (QED) is 0.890. The van der Waals surface area contributed by atoms with E-state index in [1.54, 1.807) is 6.26 Å². The van der Waals surface area contributed by atoms with Crippen LogP contribution in [-0.4, -0.2) is 53.1 Å². The number of nitrogens with zero attached hydrogens (tertiary/aromatic N) is 3. The topological polar surface area (TPSA) is 75.6 Å². The SMILES string of the molecule is N[C@@H]1CCC[C@H]1CC(=O)N1CCN(Cc2ccon2)CC1. The molecule has 1 aliphatic heterocycles. The Morgan fingerprint density at radius 3 is 2.76 bits per heavy atom. The minimum absolute atomic E-state index is 0.224. The van der Waals surface area contributed by atoms with Gasteiger partial charge in [-0.1, -0.05) is 11.6 Å². The lowest BCUT2D eigenvalue weighted by Crippen LogP contribution is -2.49. The van der Waals surface area contributed by atoms with Crippen molar-refractivity contribution in [2.45, 2.75) is 38.3 Å². The van der Waals surface area contributed by atoms with Crippen LogP contribution in [0.5, 0.6) is 0 Å². The molecule has 0 spiro atoms. The maximum absolute atomic E-state index is 12.3. The van der Waals surface area contributed by atoms with Gasteiger partial charge in [-0.3, -0.25) is 9.69 Å². The molecule has 1 aliphatic carbocycles. The van der Waals surface area contributed by atoms with Crippen LogP contribution in [0.25, 0.3) is 0 Å². The van der Waals surface area contributed by atoms with E-state index in [4.69, 9.17) is 10.3 Å². The van der Waals surface area contributed by atoms with Gasteiger partial charge in [0.2, 0.25) is 5.91 Å². The number of amides is 1. The van der Waals surface area contributed by atoms with Crippen molar-refractivity contribution in [3.8, 4) is 0 Å². The number of carbonyl (C=O) groups excluding carboxylic acids is 1. The van der Waals surface area contributed by atoms with Gasteiger partial charge in [-0.15, -0.1) is 0 Å². The summed E-state index contributed by atoms with van der Waals surface area (Å²) in [5.74, 6) is 0.670. The number of rotatable bonds is 4. The molecule has 0 aromatic carbocycles. The van der Waals surface area contributed by atoms with Gasteiger partial charge >= 0.3 is 0 Å². The van der Waals surface area contributed by atoms with Crippen molar-refractivity contribution in [2.24, 2.45) is 11.7 Å². The van der Waals surface area contributed by atoms with E-state index in [-0.39, 0.29) is 11.9 Å². The van der Waals surface area contributed by atoms with E-state index < -0.39 is 0 Å². The summed E-state index contributed by atoms with van der Waals surface area (Å²) in [5, 5.41) is 3.93.